The lowest BCUT2D eigenvalue weighted by molar-refractivity contribution is -0.141. The Morgan fingerprint density at radius 3 is 2.44 bits per heavy atom. The van der Waals surface area contributed by atoms with Gasteiger partial charge in [-0.1, -0.05) is 13.8 Å². The smallest absolute Gasteiger partial charge is 0.0973 e. The van der Waals surface area contributed by atoms with E-state index in [1.54, 1.807) is 7.11 Å². The first-order valence-corrected chi connectivity index (χ1v) is 10.3. The molecule has 3 saturated carbocycles. The summed E-state index contributed by atoms with van der Waals surface area (Å²) in [4.78, 5) is 0. The van der Waals surface area contributed by atoms with Crippen LogP contribution in [-0.2, 0) is 4.74 Å². The second kappa shape index (κ2) is 5.73. The fraction of sp³-hybridized carbons (Fsp3) is 0.909. The third-order valence-corrected chi connectivity index (χ3v) is 9.49. The average Bonchev–Trinajstić information content (AvgIpc) is 2.83. The molecule has 0 heterocycles. The fourth-order valence-electron chi connectivity index (χ4n) is 7.69. The van der Waals surface area contributed by atoms with Crippen LogP contribution in [0.25, 0.3) is 0 Å². The van der Waals surface area contributed by atoms with Gasteiger partial charge in [-0.2, -0.15) is 0 Å². The molecule has 0 amide bonds. The van der Waals surface area contributed by atoms with Gasteiger partial charge in [-0.05, 0) is 91.9 Å². The van der Waals surface area contributed by atoms with Crippen molar-refractivity contribution in [3.8, 4) is 0 Å². The molecule has 0 spiro atoms. The minimum Gasteiger partial charge on any atom is -0.501 e. The molecule has 0 aromatic heterocycles. The summed E-state index contributed by atoms with van der Waals surface area (Å²) >= 11 is 0. The molecular weight excluding hydrogens is 312 g/mol. The average molecular weight is 349 g/mol. The van der Waals surface area contributed by atoms with Gasteiger partial charge < -0.3 is 14.9 Å². The van der Waals surface area contributed by atoms with Crippen LogP contribution in [0.5, 0.6) is 0 Å². The summed E-state index contributed by atoms with van der Waals surface area (Å²) in [5, 5.41) is 20.9. The molecule has 0 unspecified atom stereocenters. The van der Waals surface area contributed by atoms with Crippen LogP contribution >= 0.6 is 0 Å². The molecule has 7 atom stereocenters. The zero-order valence-electron chi connectivity index (χ0n) is 16.5. The van der Waals surface area contributed by atoms with E-state index in [0.717, 1.165) is 48.9 Å². The van der Waals surface area contributed by atoms with Crippen molar-refractivity contribution in [1.82, 2.24) is 0 Å². The summed E-state index contributed by atoms with van der Waals surface area (Å²) in [6.07, 6.45) is 9.14. The first-order chi connectivity index (χ1) is 11.8. The Morgan fingerprint density at radius 2 is 1.76 bits per heavy atom. The molecule has 0 aromatic rings. The van der Waals surface area contributed by atoms with Crippen molar-refractivity contribution in [1.29, 1.82) is 0 Å². The topological polar surface area (TPSA) is 49.7 Å². The molecule has 4 rings (SSSR count). The molecule has 3 nitrogen and oxygen atoms in total. The van der Waals surface area contributed by atoms with Crippen molar-refractivity contribution >= 4 is 0 Å². The predicted octanol–water partition coefficient (Wildman–Crippen LogP) is 4.28. The number of hydrogen-bond donors (Lipinski definition) is 2. The van der Waals surface area contributed by atoms with Crippen LogP contribution in [0.4, 0.5) is 0 Å². The van der Waals surface area contributed by atoms with Crippen LogP contribution < -0.4 is 0 Å². The molecule has 4 aliphatic rings. The van der Waals surface area contributed by atoms with Gasteiger partial charge in [0.05, 0.1) is 25.1 Å². The Hall–Kier alpha value is -0.540. The van der Waals surface area contributed by atoms with Crippen LogP contribution in [0.2, 0.25) is 0 Å². The lowest BCUT2D eigenvalue weighted by Gasteiger charge is -2.61. The van der Waals surface area contributed by atoms with E-state index in [9.17, 15) is 10.2 Å². The third kappa shape index (κ3) is 2.31. The molecule has 4 aliphatic carbocycles. The van der Waals surface area contributed by atoms with Crippen molar-refractivity contribution in [2.45, 2.75) is 77.7 Å². The van der Waals surface area contributed by atoms with Gasteiger partial charge in [0, 0.05) is 6.42 Å². The van der Waals surface area contributed by atoms with Crippen molar-refractivity contribution in [2.24, 2.45) is 34.5 Å². The Kier molecular flexibility index (Phi) is 4.09. The molecule has 2 N–H and O–H groups in total. The predicted molar refractivity (Wildman–Crippen MR) is 98.9 cm³/mol. The number of ether oxygens (including phenoxy) is 1. The Balaban J connectivity index is 1.66. The third-order valence-electron chi connectivity index (χ3n) is 9.49. The van der Waals surface area contributed by atoms with Gasteiger partial charge in [0.1, 0.15) is 0 Å². The highest BCUT2D eigenvalue weighted by Gasteiger charge is 2.63. The van der Waals surface area contributed by atoms with Crippen molar-refractivity contribution in [3.63, 3.8) is 0 Å². The van der Waals surface area contributed by atoms with E-state index in [1.165, 1.54) is 25.7 Å². The van der Waals surface area contributed by atoms with Gasteiger partial charge >= 0.3 is 0 Å². The molecule has 0 bridgehead atoms. The van der Waals surface area contributed by atoms with Gasteiger partial charge in [-0.15, -0.1) is 0 Å². The van der Waals surface area contributed by atoms with E-state index in [0.29, 0.717) is 17.3 Å². The van der Waals surface area contributed by atoms with E-state index < -0.39 is 5.60 Å². The molecule has 0 saturated heterocycles. The van der Waals surface area contributed by atoms with Crippen LogP contribution in [0.1, 0.15) is 72.1 Å². The first-order valence-electron chi connectivity index (χ1n) is 10.3. The van der Waals surface area contributed by atoms with Gasteiger partial charge in [0.25, 0.3) is 0 Å². The standard InChI is InChI=1S/C22H36O3/c1-20-12-14(13-23)19(25-4)11-15(20)5-6-16-17(20)7-9-21(2)18(16)8-10-22(21,3)24/h15-18,23-24H,5-13H2,1-4H3/t15-,16+,17-,18-,20-,21-,22-/m0/s1. The largest absolute Gasteiger partial charge is 0.501 e. The van der Waals surface area contributed by atoms with Gasteiger partial charge in [-0.3, -0.25) is 0 Å². The normalized spacial score (nSPS) is 52.4. The fourth-order valence-corrected chi connectivity index (χ4v) is 7.69. The monoisotopic (exact) mass is 348 g/mol. The van der Waals surface area contributed by atoms with Gasteiger partial charge in [0.15, 0.2) is 0 Å². The molecular formula is C22H36O3. The van der Waals surface area contributed by atoms with Crippen molar-refractivity contribution in [3.05, 3.63) is 11.3 Å². The van der Waals surface area contributed by atoms with E-state index in [-0.39, 0.29) is 12.0 Å². The minimum absolute atomic E-state index is 0.0966. The lowest BCUT2D eigenvalue weighted by atomic mass is 9.44. The van der Waals surface area contributed by atoms with E-state index in [2.05, 4.69) is 20.8 Å². The van der Waals surface area contributed by atoms with Crippen molar-refractivity contribution < 1.29 is 14.9 Å². The summed E-state index contributed by atoms with van der Waals surface area (Å²) in [5.74, 6) is 3.89. The highest BCUT2D eigenvalue weighted by molar-refractivity contribution is 5.22. The number of hydrogen-bond acceptors (Lipinski definition) is 3. The van der Waals surface area contributed by atoms with Crippen LogP contribution in [0.15, 0.2) is 11.3 Å². The maximum atomic E-state index is 11.0. The molecule has 25 heavy (non-hydrogen) atoms. The number of allylic oxidation sites excluding steroid dienone is 1. The number of rotatable bonds is 2. The SMILES string of the molecule is COC1=C(CO)C[C@@]2(C)[C@@H](CC[C@@H]3[C@@H]2CC[C@@]2(C)[C@H]3CC[C@]2(C)O)C1. The first kappa shape index (κ1) is 17.9. The van der Waals surface area contributed by atoms with Gasteiger partial charge in [0.2, 0.25) is 0 Å². The number of methoxy groups -OCH3 is 1. The molecule has 3 fully saturated rings. The highest BCUT2D eigenvalue weighted by atomic mass is 16.5. The van der Waals surface area contributed by atoms with Crippen LogP contribution in [0, 0.1) is 34.5 Å². The second-order valence-corrected chi connectivity index (χ2v) is 10.2. The maximum absolute atomic E-state index is 11.0. The Bertz CT molecular complexity index is 580. The molecule has 0 aromatic carbocycles. The van der Waals surface area contributed by atoms with Gasteiger partial charge in [-0.25, -0.2) is 0 Å². The summed E-state index contributed by atoms with van der Waals surface area (Å²) in [6, 6.07) is 0. The zero-order valence-corrected chi connectivity index (χ0v) is 16.5. The number of fused-ring (bicyclic) bond motifs is 5. The molecule has 142 valence electrons. The lowest BCUT2D eigenvalue weighted by Crippen LogP contribution is -2.55. The zero-order chi connectivity index (χ0) is 18.0. The van der Waals surface area contributed by atoms with Crippen molar-refractivity contribution in [2.75, 3.05) is 13.7 Å². The summed E-state index contributed by atoms with van der Waals surface area (Å²) in [7, 11) is 1.76. The summed E-state index contributed by atoms with van der Waals surface area (Å²) in [5.41, 5.74) is 1.03. The number of aliphatic hydroxyl groups is 2. The van der Waals surface area contributed by atoms with E-state index in [4.69, 9.17) is 4.74 Å². The van der Waals surface area contributed by atoms with E-state index in [1.807, 2.05) is 0 Å². The minimum atomic E-state index is -0.494. The summed E-state index contributed by atoms with van der Waals surface area (Å²) in [6.45, 7) is 7.07. The highest BCUT2D eigenvalue weighted by Crippen LogP contribution is 2.68. The maximum Gasteiger partial charge on any atom is 0.0973 e. The summed E-state index contributed by atoms with van der Waals surface area (Å²) < 4.78 is 5.62. The van der Waals surface area contributed by atoms with Crippen LogP contribution in [-0.4, -0.2) is 29.5 Å². The van der Waals surface area contributed by atoms with E-state index >= 15 is 0 Å². The molecule has 0 aliphatic heterocycles. The molecule has 3 heteroatoms. The Labute approximate surface area is 152 Å². The van der Waals surface area contributed by atoms with Crippen LogP contribution in [0.3, 0.4) is 0 Å². The number of aliphatic hydroxyl groups excluding tert-OH is 1. The quantitative estimate of drug-likeness (QED) is 0.783. The second-order valence-electron chi connectivity index (χ2n) is 10.2. The molecule has 0 radical (unpaired) electrons. The Morgan fingerprint density at radius 1 is 1.04 bits per heavy atom.